The van der Waals surface area contributed by atoms with Crippen LogP contribution in [0.1, 0.15) is 84.6 Å². The summed E-state index contributed by atoms with van der Waals surface area (Å²) in [5.41, 5.74) is 20.1. The Morgan fingerprint density at radius 1 is 0.456 bits per heavy atom. The van der Waals surface area contributed by atoms with E-state index in [-0.39, 0.29) is 37.3 Å². The summed E-state index contributed by atoms with van der Waals surface area (Å²) in [6.45, 7) is 24.8. The largest absolute Gasteiger partial charge is 0.509 e. The van der Waals surface area contributed by atoms with Gasteiger partial charge in [-0.25, -0.2) is 4.98 Å². The van der Waals surface area contributed by atoms with Gasteiger partial charge in [-0.2, -0.15) is 12.1 Å². The van der Waals surface area contributed by atoms with E-state index in [2.05, 4.69) is 284 Å². The Morgan fingerprint density at radius 2 is 1.05 bits per heavy atom. The predicted octanol–water partition coefficient (Wildman–Crippen LogP) is 19.8. The SMILES string of the molecule is Cc1ccc(-c2cnc(-n3c4[c-]c(Oc5[c-]c(N6[CH-]N(c7c(-c8ccc(C(C)(C)C)cc8)cccc7-c7cccc(-c8ccccc8)c7)c7ccccc76)ccc5)ccc4c4cc(C(C)(C)C)ccc43)cc2C(C)(C)C)cc1.[Pt]. The van der Waals surface area contributed by atoms with Gasteiger partial charge in [0, 0.05) is 78.0 Å². The van der Waals surface area contributed by atoms with E-state index in [0.29, 0.717) is 11.5 Å². The van der Waals surface area contributed by atoms with Crippen molar-refractivity contribution >= 4 is 44.6 Å². The molecule has 0 saturated heterocycles. The zero-order chi connectivity index (χ0) is 54.1. The first-order valence-corrected chi connectivity index (χ1v) is 27.2. The van der Waals surface area contributed by atoms with E-state index >= 15 is 0 Å². The number of hydrogen-bond acceptors (Lipinski definition) is 4. The van der Waals surface area contributed by atoms with Gasteiger partial charge < -0.3 is 19.1 Å². The van der Waals surface area contributed by atoms with Crippen molar-refractivity contribution in [2.75, 3.05) is 9.80 Å². The first-order chi connectivity index (χ1) is 37.5. The molecule has 11 aromatic rings. The normalized spacial score (nSPS) is 12.7. The Labute approximate surface area is 481 Å². The van der Waals surface area contributed by atoms with E-state index < -0.39 is 0 Å². The van der Waals surface area contributed by atoms with Gasteiger partial charge in [0.1, 0.15) is 5.82 Å². The second-order valence-electron chi connectivity index (χ2n) is 23.9. The molecule has 0 fully saturated rings. The number of hydrogen-bond donors (Lipinski definition) is 0. The van der Waals surface area contributed by atoms with Crippen LogP contribution in [0.5, 0.6) is 11.5 Å². The fraction of sp³-hybridized carbons (Fsp3) is 0.178. The van der Waals surface area contributed by atoms with Gasteiger partial charge >= 0.3 is 0 Å². The molecule has 2 aromatic heterocycles. The first kappa shape index (κ1) is 53.0. The molecule has 0 amide bonds. The standard InChI is InChI=1S/C73H65N4O.Pt/c1-48-29-31-51(32-30-48)63-46-74-69(45-64(63)73(8,9)10)77-65-40-37-55(72(5,6)7)42-62(65)61-39-38-58(44-68(61)77)78-57-24-17-23-56(43-57)75-47-76(67-28-15-14-27-66(67)75)70-59(50-33-35-54(36-34-50)71(2,3)4)25-18-26-60(70)53-22-16-21-52(41-53)49-19-12-11-13-20-49;/h11-42,45-47H,1-10H3;/q-3;. The molecule has 3 heterocycles. The number of rotatable bonds is 9. The molecule has 1 aliphatic heterocycles. The number of benzene rings is 9. The van der Waals surface area contributed by atoms with Crippen molar-refractivity contribution in [1.82, 2.24) is 9.55 Å². The van der Waals surface area contributed by atoms with Crippen LogP contribution in [0.4, 0.5) is 22.7 Å². The van der Waals surface area contributed by atoms with Crippen molar-refractivity contribution in [3.05, 3.63) is 247 Å². The van der Waals surface area contributed by atoms with Gasteiger partial charge in [-0.15, -0.1) is 48.1 Å². The number of anilines is 4. The summed E-state index contributed by atoms with van der Waals surface area (Å²) in [7, 11) is 0. The van der Waals surface area contributed by atoms with Crippen molar-refractivity contribution in [1.29, 1.82) is 0 Å². The minimum Gasteiger partial charge on any atom is -0.509 e. The minimum atomic E-state index is -0.155. The monoisotopic (exact) mass is 1210 g/mol. The van der Waals surface area contributed by atoms with Crippen LogP contribution in [-0.4, -0.2) is 9.55 Å². The number of fused-ring (bicyclic) bond motifs is 4. The van der Waals surface area contributed by atoms with Gasteiger partial charge in [0.25, 0.3) is 0 Å². The zero-order valence-corrected chi connectivity index (χ0v) is 49.0. The second-order valence-corrected chi connectivity index (χ2v) is 23.9. The fourth-order valence-corrected chi connectivity index (χ4v) is 11.0. The first-order valence-electron chi connectivity index (χ1n) is 27.2. The van der Waals surface area contributed by atoms with Crippen LogP contribution >= 0.6 is 0 Å². The smallest absolute Gasteiger partial charge is 0.135 e. The second kappa shape index (κ2) is 20.7. The molecule has 12 rings (SSSR count). The number of aryl methyl sites for hydroxylation is 1. The Kier molecular flexibility index (Phi) is 13.9. The Bertz CT molecular complexity index is 4040. The van der Waals surface area contributed by atoms with Crippen LogP contribution in [-0.2, 0) is 37.3 Å². The minimum absolute atomic E-state index is 0. The molecule has 0 saturated carbocycles. The molecule has 79 heavy (non-hydrogen) atoms. The maximum atomic E-state index is 6.85. The maximum Gasteiger partial charge on any atom is 0.135 e. The van der Waals surface area contributed by atoms with Gasteiger partial charge in [-0.05, 0) is 103 Å². The summed E-state index contributed by atoms with van der Waals surface area (Å²) in [5, 5.41) is 2.24. The molecule has 0 spiro atoms. The summed E-state index contributed by atoms with van der Waals surface area (Å²) in [6, 6.07) is 79.5. The van der Waals surface area contributed by atoms with Crippen molar-refractivity contribution in [3.8, 4) is 61.8 Å². The molecule has 1 aliphatic rings. The molecule has 0 bridgehead atoms. The van der Waals surface area contributed by atoms with E-state index in [1.54, 1.807) is 0 Å². The van der Waals surface area contributed by atoms with Crippen LogP contribution in [0, 0.1) is 25.7 Å². The predicted molar refractivity (Wildman–Crippen MR) is 327 cm³/mol. The van der Waals surface area contributed by atoms with E-state index in [0.717, 1.165) is 83.8 Å². The summed E-state index contributed by atoms with van der Waals surface area (Å²) < 4.78 is 9.11. The molecule has 6 heteroatoms. The van der Waals surface area contributed by atoms with Gasteiger partial charge in [-0.1, -0.05) is 213 Å². The summed E-state index contributed by atoms with van der Waals surface area (Å²) in [5.74, 6) is 2.01. The quantitative estimate of drug-likeness (QED) is 0.135. The van der Waals surface area contributed by atoms with Crippen molar-refractivity contribution in [3.63, 3.8) is 0 Å². The zero-order valence-electron chi connectivity index (χ0n) is 46.7. The Hall–Kier alpha value is -7.98. The number of ether oxygens (including phenoxy) is 1. The van der Waals surface area contributed by atoms with Gasteiger partial charge in [0.15, 0.2) is 0 Å². The van der Waals surface area contributed by atoms with Gasteiger partial charge in [-0.3, -0.25) is 0 Å². The molecule has 0 radical (unpaired) electrons. The average Bonchev–Trinajstić information content (AvgIpc) is 4.23. The molecule has 5 nitrogen and oxygen atoms in total. The van der Waals surface area contributed by atoms with Crippen LogP contribution < -0.4 is 14.5 Å². The number of nitrogens with zero attached hydrogens (tertiary/aromatic N) is 4. The van der Waals surface area contributed by atoms with E-state index in [1.165, 1.54) is 33.4 Å². The third-order valence-corrected chi connectivity index (χ3v) is 15.3. The van der Waals surface area contributed by atoms with Crippen LogP contribution in [0.15, 0.2) is 206 Å². The Morgan fingerprint density at radius 3 is 1.76 bits per heavy atom. The van der Waals surface area contributed by atoms with E-state index in [9.17, 15) is 0 Å². The summed E-state index contributed by atoms with van der Waals surface area (Å²) >= 11 is 0. The van der Waals surface area contributed by atoms with E-state index in [1.807, 2.05) is 24.4 Å². The van der Waals surface area contributed by atoms with Crippen molar-refractivity contribution < 1.29 is 25.8 Å². The molecule has 0 N–H and O–H groups in total. The number of aromatic nitrogens is 2. The summed E-state index contributed by atoms with van der Waals surface area (Å²) in [4.78, 5) is 9.82. The molecule has 0 aliphatic carbocycles. The Balaban J connectivity index is 0.00000660. The molecule has 9 aromatic carbocycles. The van der Waals surface area contributed by atoms with Crippen LogP contribution in [0.3, 0.4) is 0 Å². The topological polar surface area (TPSA) is 33.5 Å². The van der Waals surface area contributed by atoms with Crippen molar-refractivity contribution in [2.45, 2.75) is 85.5 Å². The van der Waals surface area contributed by atoms with Crippen molar-refractivity contribution in [2.24, 2.45) is 0 Å². The average molecular weight is 1210 g/mol. The molecule has 396 valence electrons. The van der Waals surface area contributed by atoms with Crippen LogP contribution in [0.25, 0.3) is 72.1 Å². The number of pyridine rings is 1. The molecule has 0 atom stereocenters. The number of para-hydroxylation sites is 3. The van der Waals surface area contributed by atoms with Gasteiger partial charge in [0.05, 0.1) is 0 Å². The maximum absolute atomic E-state index is 6.85. The third kappa shape index (κ3) is 10.2. The fourth-order valence-electron chi connectivity index (χ4n) is 11.0. The third-order valence-electron chi connectivity index (χ3n) is 15.3. The van der Waals surface area contributed by atoms with E-state index in [4.69, 9.17) is 9.72 Å². The summed E-state index contributed by atoms with van der Waals surface area (Å²) in [6.07, 6.45) is 2.05. The molecule has 0 unspecified atom stereocenters. The molecular formula is C73H65N4OPt-3. The van der Waals surface area contributed by atoms with Gasteiger partial charge in [0.2, 0.25) is 0 Å². The molecular weight excluding hydrogens is 1140 g/mol. The van der Waals surface area contributed by atoms with Crippen LogP contribution in [0.2, 0.25) is 0 Å².